The first-order valence-electron chi connectivity index (χ1n) is 7.09. The molecule has 1 fully saturated rings. The van der Waals surface area contributed by atoms with Gasteiger partial charge in [0.05, 0.1) is 12.3 Å². The van der Waals surface area contributed by atoms with Crippen LogP contribution in [0.5, 0.6) is 5.75 Å². The number of piperazine rings is 1. The molecule has 2 rings (SSSR count). The minimum Gasteiger partial charge on any atom is -0.491 e. The minimum absolute atomic E-state index is 0.830. The number of benzene rings is 1. The molecule has 0 spiro atoms. The molecule has 0 unspecified atom stereocenters. The maximum absolute atomic E-state index is 5.93. The van der Waals surface area contributed by atoms with Crippen LogP contribution in [0.3, 0.4) is 0 Å². The molecule has 0 atom stereocenters. The van der Waals surface area contributed by atoms with Gasteiger partial charge in [-0.3, -0.25) is 0 Å². The van der Waals surface area contributed by atoms with Crippen LogP contribution in [0.1, 0.15) is 26.2 Å². The van der Waals surface area contributed by atoms with Crippen LogP contribution in [0.4, 0.5) is 5.69 Å². The van der Waals surface area contributed by atoms with Crippen LogP contribution in [0, 0.1) is 0 Å². The second kappa shape index (κ2) is 7.27. The Morgan fingerprint density at radius 3 is 2.72 bits per heavy atom. The van der Waals surface area contributed by atoms with E-state index in [-0.39, 0.29) is 0 Å². The van der Waals surface area contributed by atoms with Gasteiger partial charge in [0.25, 0.3) is 0 Å². The van der Waals surface area contributed by atoms with E-state index in [4.69, 9.17) is 4.74 Å². The van der Waals surface area contributed by atoms with Gasteiger partial charge in [0.1, 0.15) is 5.75 Å². The van der Waals surface area contributed by atoms with Gasteiger partial charge in [0, 0.05) is 26.2 Å². The molecule has 0 radical (unpaired) electrons. The summed E-state index contributed by atoms with van der Waals surface area (Å²) in [5, 5.41) is 3.38. The summed E-state index contributed by atoms with van der Waals surface area (Å²) in [7, 11) is 0. The third-order valence-corrected chi connectivity index (χ3v) is 3.33. The van der Waals surface area contributed by atoms with Crippen molar-refractivity contribution in [1.82, 2.24) is 5.32 Å². The van der Waals surface area contributed by atoms with Crippen LogP contribution < -0.4 is 15.0 Å². The number of hydrogen-bond donors (Lipinski definition) is 1. The van der Waals surface area contributed by atoms with Gasteiger partial charge in [-0.2, -0.15) is 0 Å². The second-order valence-corrected chi connectivity index (χ2v) is 4.76. The Hall–Kier alpha value is -1.22. The van der Waals surface area contributed by atoms with Crippen LogP contribution in [0.25, 0.3) is 0 Å². The molecule has 1 aromatic carbocycles. The lowest BCUT2D eigenvalue weighted by Gasteiger charge is -2.30. The molecule has 0 bridgehead atoms. The van der Waals surface area contributed by atoms with Crippen molar-refractivity contribution in [3.63, 3.8) is 0 Å². The first-order chi connectivity index (χ1) is 8.92. The Morgan fingerprint density at radius 2 is 1.94 bits per heavy atom. The lowest BCUT2D eigenvalue weighted by molar-refractivity contribution is 0.306. The van der Waals surface area contributed by atoms with Gasteiger partial charge >= 0.3 is 0 Å². The molecule has 0 aliphatic carbocycles. The standard InChI is InChI=1S/C15H24N2O/c1-2-3-6-13-18-15-8-5-4-7-14(15)17-11-9-16-10-12-17/h4-5,7-8,16H,2-3,6,9-13H2,1H3. The lowest BCUT2D eigenvalue weighted by atomic mass is 10.2. The van der Waals surface area contributed by atoms with Crippen molar-refractivity contribution in [3.8, 4) is 5.75 Å². The van der Waals surface area contributed by atoms with Crippen LogP contribution in [0.2, 0.25) is 0 Å². The topological polar surface area (TPSA) is 24.5 Å². The summed E-state index contributed by atoms with van der Waals surface area (Å²) < 4.78 is 5.93. The number of para-hydroxylation sites is 2. The number of unbranched alkanes of at least 4 members (excludes halogenated alkanes) is 2. The second-order valence-electron chi connectivity index (χ2n) is 4.76. The third-order valence-electron chi connectivity index (χ3n) is 3.33. The van der Waals surface area contributed by atoms with Gasteiger partial charge in [0.15, 0.2) is 0 Å². The first-order valence-corrected chi connectivity index (χ1v) is 7.09. The average Bonchev–Trinajstić information content (AvgIpc) is 2.45. The van der Waals surface area contributed by atoms with Crippen LogP contribution >= 0.6 is 0 Å². The highest BCUT2D eigenvalue weighted by molar-refractivity contribution is 5.58. The molecular formula is C15H24N2O. The van der Waals surface area contributed by atoms with Gasteiger partial charge in [-0.1, -0.05) is 31.9 Å². The van der Waals surface area contributed by atoms with E-state index in [1.165, 1.54) is 18.5 Å². The van der Waals surface area contributed by atoms with Gasteiger partial charge in [-0.05, 0) is 18.6 Å². The summed E-state index contributed by atoms with van der Waals surface area (Å²) in [6.45, 7) is 7.30. The van der Waals surface area contributed by atoms with E-state index >= 15 is 0 Å². The summed E-state index contributed by atoms with van der Waals surface area (Å²) in [5.74, 6) is 1.04. The number of nitrogens with one attached hydrogen (secondary N) is 1. The van der Waals surface area contributed by atoms with Gasteiger partial charge < -0.3 is 15.0 Å². The summed E-state index contributed by atoms with van der Waals surface area (Å²) in [4.78, 5) is 2.41. The summed E-state index contributed by atoms with van der Waals surface area (Å²) in [6, 6.07) is 8.40. The van der Waals surface area contributed by atoms with Crippen molar-refractivity contribution in [1.29, 1.82) is 0 Å². The van der Waals surface area contributed by atoms with Crippen molar-refractivity contribution in [2.75, 3.05) is 37.7 Å². The van der Waals surface area contributed by atoms with E-state index in [0.717, 1.165) is 45.0 Å². The predicted molar refractivity (Wildman–Crippen MR) is 76.5 cm³/mol. The summed E-state index contributed by atoms with van der Waals surface area (Å²) in [6.07, 6.45) is 3.63. The Labute approximate surface area is 110 Å². The van der Waals surface area contributed by atoms with Crippen molar-refractivity contribution >= 4 is 5.69 Å². The highest BCUT2D eigenvalue weighted by atomic mass is 16.5. The Bertz CT molecular complexity index is 348. The highest BCUT2D eigenvalue weighted by Gasteiger charge is 2.14. The molecular weight excluding hydrogens is 224 g/mol. The number of anilines is 1. The monoisotopic (exact) mass is 248 g/mol. The summed E-state index contributed by atoms with van der Waals surface area (Å²) >= 11 is 0. The van der Waals surface area contributed by atoms with Crippen molar-refractivity contribution in [2.45, 2.75) is 26.2 Å². The Morgan fingerprint density at radius 1 is 1.17 bits per heavy atom. The molecule has 1 aliphatic rings. The van der Waals surface area contributed by atoms with E-state index in [1.54, 1.807) is 0 Å². The van der Waals surface area contributed by atoms with Crippen LogP contribution in [-0.4, -0.2) is 32.8 Å². The van der Waals surface area contributed by atoms with Gasteiger partial charge in [-0.15, -0.1) is 0 Å². The molecule has 1 N–H and O–H groups in total. The molecule has 3 nitrogen and oxygen atoms in total. The fourth-order valence-electron chi connectivity index (χ4n) is 2.28. The minimum atomic E-state index is 0.830. The van der Waals surface area contributed by atoms with Gasteiger partial charge in [-0.25, -0.2) is 0 Å². The van der Waals surface area contributed by atoms with E-state index in [1.807, 2.05) is 0 Å². The van der Waals surface area contributed by atoms with E-state index in [2.05, 4.69) is 41.4 Å². The van der Waals surface area contributed by atoms with Crippen LogP contribution in [0.15, 0.2) is 24.3 Å². The number of hydrogen-bond acceptors (Lipinski definition) is 3. The first kappa shape index (κ1) is 13.2. The van der Waals surface area contributed by atoms with Crippen molar-refractivity contribution < 1.29 is 4.74 Å². The number of rotatable bonds is 6. The Balaban J connectivity index is 1.96. The molecule has 1 aliphatic heterocycles. The highest BCUT2D eigenvalue weighted by Crippen LogP contribution is 2.28. The molecule has 0 aromatic heterocycles. The zero-order valence-electron chi connectivity index (χ0n) is 11.3. The van der Waals surface area contributed by atoms with E-state index < -0.39 is 0 Å². The molecule has 1 heterocycles. The smallest absolute Gasteiger partial charge is 0.142 e. The number of ether oxygens (including phenoxy) is 1. The predicted octanol–water partition coefficient (Wildman–Crippen LogP) is 2.67. The maximum Gasteiger partial charge on any atom is 0.142 e. The average molecular weight is 248 g/mol. The molecule has 1 saturated heterocycles. The molecule has 0 saturated carbocycles. The fraction of sp³-hybridized carbons (Fsp3) is 0.600. The lowest BCUT2D eigenvalue weighted by Crippen LogP contribution is -2.43. The SMILES string of the molecule is CCCCCOc1ccccc1N1CCNCC1. The van der Waals surface area contributed by atoms with Crippen LogP contribution in [-0.2, 0) is 0 Å². The zero-order valence-corrected chi connectivity index (χ0v) is 11.3. The van der Waals surface area contributed by atoms with Gasteiger partial charge in [0.2, 0.25) is 0 Å². The fourth-order valence-corrected chi connectivity index (χ4v) is 2.28. The largest absolute Gasteiger partial charge is 0.491 e. The zero-order chi connectivity index (χ0) is 12.6. The Kier molecular flexibility index (Phi) is 5.34. The molecule has 0 amide bonds. The molecule has 1 aromatic rings. The quantitative estimate of drug-likeness (QED) is 0.783. The molecule has 18 heavy (non-hydrogen) atoms. The van der Waals surface area contributed by atoms with Crippen molar-refractivity contribution in [2.24, 2.45) is 0 Å². The molecule has 3 heteroatoms. The maximum atomic E-state index is 5.93. The van der Waals surface area contributed by atoms with Crippen molar-refractivity contribution in [3.05, 3.63) is 24.3 Å². The normalized spacial score (nSPS) is 15.7. The molecule has 100 valence electrons. The third kappa shape index (κ3) is 3.64. The van der Waals surface area contributed by atoms with E-state index in [0.29, 0.717) is 0 Å². The summed E-state index contributed by atoms with van der Waals surface area (Å²) in [5.41, 5.74) is 1.25. The number of nitrogens with zero attached hydrogens (tertiary/aromatic N) is 1. The van der Waals surface area contributed by atoms with E-state index in [9.17, 15) is 0 Å².